The molecule has 0 bridgehead atoms. The first-order valence-electron chi connectivity index (χ1n) is 5.74. The third kappa shape index (κ3) is 5.96. The first-order chi connectivity index (χ1) is 9.13. The number of hydrogen-bond acceptors (Lipinski definition) is 3. The largest absolute Gasteiger partial charge is 0.434 e. The molecule has 0 aliphatic heterocycles. The molecular weight excluding hydrogens is 254 g/mol. The molecule has 0 saturated carbocycles. The van der Waals surface area contributed by atoms with Crippen molar-refractivity contribution in [1.82, 2.24) is 10.6 Å². The minimum absolute atomic E-state index is 0.0665. The first-order valence-corrected chi connectivity index (χ1v) is 5.74. The number of amides is 1. The molecule has 0 radical (unpaired) electrons. The van der Waals surface area contributed by atoms with E-state index in [-0.39, 0.29) is 24.7 Å². The van der Waals surface area contributed by atoms with E-state index < -0.39 is 6.61 Å². The third-order valence-electron chi connectivity index (χ3n) is 2.24. The van der Waals surface area contributed by atoms with Crippen molar-refractivity contribution in [2.75, 3.05) is 13.1 Å². The number of alkyl halides is 2. The molecule has 0 aliphatic carbocycles. The molecule has 6 heteroatoms. The lowest BCUT2D eigenvalue weighted by Gasteiger charge is -2.11. The van der Waals surface area contributed by atoms with E-state index in [0.717, 1.165) is 0 Å². The molecule has 1 rings (SSSR count). The SMILES string of the molecule is C=CCNCC(=O)NCc1ccccc1OC(F)F. The van der Waals surface area contributed by atoms with E-state index in [4.69, 9.17) is 0 Å². The van der Waals surface area contributed by atoms with Crippen LogP contribution in [0.3, 0.4) is 0 Å². The van der Waals surface area contributed by atoms with Crippen LogP contribution in [0.15, 0.2) is 36.9 Å². The van der Waals surface area contributed by atoms with Crippen LogP contribution in [-0.2, 0) is 11.3 Å². The van der Waals surface area contributed by atoms with Crippen LogP contribution < -0.4 is 15.4 Å². The second-order valence-electron chi connectivity index (χ2n) is 3.68. The van der Waals surface area contributed by atoms with Crippen LogP contribution in [0.4, 0.5) is 8.78 Å². The van der Waals surface area contributed by atoms with Crippen LogP contribution in [0.1, 0.15) is 5.56 Å². The Kier molecular flexibility index (Phi) is 6.52. The van der Waals surface area contributed by atoms with Crippen molar-refractivity contribution in [2.24, 2.45) is 0 Å². The van der Waals surface area contributed by atoms with E-state index in [1.165, 1.54) is 6.07 Å². The van der Waals surface area contributed by atoms with Crippen LogP contribution in [0.5, 0.6) is 5.75 Å². The minimum Gasteiger partial charge on any atom is -0.434 e. The van der Waals surface area contributed by atoms with E-state index in [9.17, 15) is 13.6 Å². The van der Waals surface area contributed by atoms with Gasteiger partial charge in [-0.1, -0.05) is 24.3 Å². The van der Waals surface area contributed by atoms with Gasteiger partial charge in [0.05, 0.1) is 6.54 Å². The van der Waals surface area contributed by atoms with E-state index in [1.807, 2.05) is 0 Å². The Morgan fingerprint density at radius 3 is 2.84 bits per heavy atom. The van der Waals surface area contributed by atoms with Gasteiger partial charge in [-0.2, -0.15) is 8.78 Å². The number of ether oxygens (including phenoxy) is 1. The van der Waals surface area contributed by atoms with E-state index in [1.54, 1.807) is 24.3 Å². The quantitative estimate of drug-likeness (QED) is 0.558. The summed E-state index contributed by atoms with van der Waals surface area (Å²) in [7, 11) is 0. The lowest BCUT2D eigenvalue weighted by molar-refractivity contribution is -0.120. The maximum atomic E-state index is 12.2. The normalized spacial score (nSPS) is 10.3. The van der Waals surface area contributed by atoms with Crippen LogP contribution >= 0.6 is 0 Å². The van der Waals surface area contributed by atoms with Crippen molar-refractivity contribution >= 4 is 5.91 Å². The highest BCUT2D eigenvalue weighted by molar-refractivity contribution is 5.78. The molecule has 0 atom stereocenters. The summed E-state index contributed by atoms with van der Waals surface area (Å²) < 4.78 is 28.7. The number of hydrogen-bond donors (Lipinski definition) is 2. The minimum atomic E-state index is -2.88. The standard InChI is InChI=1S/C13H16F2N2O2/c1-2-7-16-9-12(18)17-8-10-5-3-4-6-11(10)19-13(14)15/h2-6,13,16H,1,7-9H2,(H,17,18). The Morgan fingerprint density at radius 1 is 1.42 bits per heavy atom. The first kappa shape index (κ1) is 15.1. The van der Waals surface area contributed by atoms with Gasteiger partial charge >= 0.3 is 6.61 Å². The zero-order valence-electron chi connectivity index (χ0n) is 10.4. The maximum absolute atomic E-state index is 12.2. The highest BCUT2D eigenvalue weighted by atomic mass is 19.3. The smallest absolute Gasteiger partial charge is 0.387 e. The molecule has 0 aromatic heterocycles. The van der Waals surface area contributed by atoms with Gasteiger partial charge in [-0.3, -0.25) is 4.79 Å². The van der Waals surface area contributed by atoms with Crippen molar-refractivity contribution in [1.29, 1.82) is 0 Å². The number of carbonyl (C=O) groups is 1. The summed E-state index contributed by atoms with van der Waals surface area (Å²) in [5.41, 5.74) is 0.500. The van der Waals surface area contributed by atoms with Gasteiger partial charge in [-0.05, 0) is 6.07 Å². The average Bonchev–Trinajstić information content (AvgIpc) is 2.37. The van der Waals surface area contributed by atoms with E-state index >= 15 is 0 Å². The fraction of sp³-hybridized carbons (Fsp3) is 0.308. The van der Waals surface area contributed by atoms with E-state index in [2.05, 4.69) is 21.9 Å². The molecule has 0 spiro atoms. The molecular formula is C13H16F2N2O2. The molecule has 104 valence electrons. The van der Waals surface area contributed by atoms with Crippen LogP contribution in [0, 0.1) is 0 Å². The van der Waals surface area contributed by atoms with Gasteiger partial charge in [-0.15, -0.1) is 6.58 Å². The molecule has 1 amide bonds. The summed E-state index contributed by atoms with van der Waals surface area (Å²) >= 11 is 0. The van der Waals surface area contributed by atoms with Gasteiger partial charge in [0.25, 0.3) is 0 Å². The van der Waals surface area contributed by atoms with Gasteiger partial charge in [-0.25, -0.2) is 0 Å². The van der Waals surface area contributed by atoms with Crippen LogP contribution in [0.25, 0.3) is 0 Å². The predicted molar refractivity (Wildman–Crippen MR) is 68.0 cm³/mol. The van der Waals surface area contributed by atoms with Crippen molar-refractivity contribution in [2.45, 2.75) is 13.2 Å². The Balaban J connectivity index is 2.48. The maximum Gasteiger partial charge on any atom is 0.387 e. The molecule has 4 nitrogen and oxygen atoms in total. The van der Waals surface area contributed by atoms with Crippen molar-refractivity contribution in [3.63, 3.8) is 0 Å². The summed E-state index contributed by atoms with van der Waals surface area (Å²) in [4.78, 5) is 11.4. The van der Waals surface area contributed by atoms with E-state index in [0.29, 0.717) is 12.1 Å². The molecule has 0 heterocycles. The second-order valence-corrected chi connectivity index (χ2v) is 3.68. The molecule has 2 N–H and O–H groups in total. The lowest BCUT2D eigenvalue weighted by Crippen LogP contribution is -2.33. The van der Waals surface area contributed by atoms with Crippen molar-refractivity contribution < 1.29 is 18.3 Å². The lowest BCUT2D eigenvalue weighted by atomic mass is 10.2. The summed E-state index contributed by atoms with van der Waals surface area (Å²) in [6.45, 7) is 1.43. The molecule has 19 heavy (non-hydrogen) atoms. The fourth-order valence-electron chi connectivity index (χ4n) is 1.40. The third-order valence-corrected chi connectivity index (χ3v) is 2.24. The van der Waals surface area contributed by atoms with Gasteiger partial charge < -0.3 is 15.4 Å². The summed E-state index contributed by atoms with van der Waals surface area (Å²) in [5.74, 6) is -0.162. The zero-order valence-corrected chi connectivity index (χ0v) is 10.4. The van der Waals surface area contributed by atoms with Gasteiger partial charge in [0.15, 0.2) is 0 Å². The molecule has 0 unspecified atom stereocenters. The Morgan fingerprint density at radius 2 is 2.16 bits per heavy atom. The number of para-hydroxylation sites is 1. The number of nitrogens with one attached hydrogen (secondary N) is 2. The zero-order chi connectivity index (χ0) is 14.1. The number of halogens is 2. The number of benzene rings is 1. The molecule has 0 aliphatic rings. The molecule has 1 aromatic rings. The Bertz CT molecular complexity index is 425. The number of carbonyl (C=O) groups excluding carboxylic acids is 1. The molecule has 1 aromatic carbocycles. The van der Waals surface area contributed by atoms with Crippen molar-refractivity contribution in [3.05, 3.63) is 42.5 Å². The summed E-state index contributed by atoms with van der Waals surface area (Å²) in [6, 6.07) is 6.34. The monoisotopic (exact) mass is 270 g/mol. The highest BCUT2D eigenvalue weighted by Crippen LogP contribution is 2.19. The average molecular weight is 270 g/mol. The van der Waals surface area contributed by atoms with Crippen LogP contribution in [-0.4, -0.2) is 25.6 Å². The van der Waals surface area contributed by atoms with Crippen molar-refractivity contribution in [3.8, 4) is 5.75 Å². The topological polar surface area (TPSA) is 50.4 Å². The fourth-order valence-corrected chi connectivity index (χ4v) is 1.40. The van der Waals surface area contributed by atoms with Gasteiger partial charge in [0.1, 0.15) is 5.75 Å². The molecule has 0 fully saturated rings. The Hall–Kier alpha value is -1.95. The Labute approximate surface area is 110 Å². The highest BCUT2D eigenvalue weighted by Gasteiger charge is 2.09. The summed E-state index contributed by atoms with van der Waals surface area (Å²) in [5, 5.41) is 5.45. The molecule has 0 saturated heterocycles. The summed E-state index contributed by atoms with van der Waals surface area (Å²) in [6.07, 6.45) is 1.64. The van der Waals surface area contributed by atoms with Gasteiger partial charge in [0.2, 0.25) is 5.91 Å². The van der Waals surface area contributed by atoms with Gasteiger partial charge in [0, 0.05) is 18.7 Å². The predicted octanol–water partition coefficient (Wildman–Crippen LogP) is 1.68. The second kappa shape index (κ2) is 8.20. The van der Waals surface area contributed by atoms with Crippen LogP contribution in [0.2, 0.25) is 0 Å². The number of rotatable bonds is 8.